The molecular weight excluding hydrogens is 226 g/mol. The molecule has 2 unspecified atom stereocenters. The van der Waals surface area contributed by atoms with E-state index in [1.54, 1.807) is 0 Å². The number of hydrogen-bond acceptors (Lipinski definition) is 3. The smallest absolute Gasteiger partial charge is 0.0928 e. The van der Waals surface area contributed by atoms with Crippen molar-refractivity contribution in [3.05, 3.63) is 42.5 Å². The summed E-state index contributed by atoms with van der Waals surface area (Å²) in [5, 5.41) is 14.4. The van der Waals surface area contributed by atoms with Crippen molar-refractivity contribution < 1.29 is 9.84 Å². The number of fused-ring (bicyclic) bond motifs is 2. The standard InChI is InChI=1S/C15H19NO2/c1-11(12-5-3-2-4-6-12)15(17)7-13-9-18-10-14(8-15)16-13/h2-6,13-14,16-17H,1,7-10H2. The van der Waals surface area contributed by atoms with Crippen molar-refractivity contribution >= 4 is 5.57 Å². The Balaban J connectivity index is 1.84. The molecule has 0 aromatic heterocycles. The largest absolute Gasteiger partial charge is 0.385 e. The minimum atomic E-state index is -0.800. The summed E-state index contributed by atoms with van der Waals surface area (Å²) in [5.74, 6) is 0. The van der Waals surface area contributed by atoms with E-state index in [-0.39, 0.29) is 12.1 Å². The van der Waals surface area contributed by atoms with Crippen molar-refractivity contribution in [2.45, 2.75) is 30.5 Å². The molecule has 96 valence electrons. The van der Waals surface area contributed by atoms with Gasteiger partial charge in [-0.1, -0.05) is 36.9 Å². The Labute approximate surface area is 107 Å². The lowest BCUT2D eigenvalue weighted by molar-refractivity contribution is -0.0466. The Morgan fingerprint density at radius 1 is 1.22 bits per heavy atom. The van der Waals surface area contributed by atoms with E-state index in [9.17, 15) is 5.11 Å². The molecule has 2 aliphatic rings. The first kappa shape index (κ1) is 11.9. The highest BCUT2D eigenvalue weighted by Gasteiger charge is 2.43. The Hall–Kier alpha value is -1.16. The van der Waals surface area contributed by atoms with Gasteiger partial charge in [-0.2, -0.15) is 0 Å². The fourth-order valence-electron chi connectivity index (χ4n) is 3.07. The van der Waals surface area contributed by atoms with E-state index in [0.717, 1.165) is 11.1 Å². The van der Waals surface area contributed by atoms with Crippen molar-refractivity contribution in [3.8, 4) is 0 Å². The maximum Gasteiger partial charge on any atom is 0.0928 e. The zero-order chi connectivity index (χ0) is 12.6. The highest BCUT2D eigenvalue weighted by atomic mass is 16.5. The Kier molecular flexibility index (Phi) is 2.98. The van der Waals surface area contributed by atoms with Gasteiger partial charge in [-0.05, 0) is 24.0 Å². The second-order valence-corrected chi connectivity index (χ2v) is 5.38. The molecule has 3 heteroatoms. The molecule has 0 saturated carbocycles. The fourth-order valence-corrected chi connectivity index (χ4v) is 3.07. The van der Waals surface area contributed by atoms with Gasteiger partial charge in [0.25, 0.3) is 0 Å². The molecule has 0 spiro atoms. The summed E-state index contributed by atoms with van der Waals surface area (Å²) in [5.41, 5.74) is 1.06. The molecule has 2 aliphatic heterocycles. The van der Waals surface area contributed by atoms with Crippen LogP contribution in [0.25, 0.3) is 5.57 Å². The van der Waals surface area contributed by atoms with Gasteiger partial charge in [0, 0.05) is 12.1 Å². The van der Waals surface area contributed by atoms with E-state index >= 15 is 0 Å². The van der Waals surface area contributed by atoms with Gasteiger partial charge in [0.05, 0.1) is 18.8 Å². The van der Waals surface area contributed by atoms with Gasteiger partial charge >= 0.3 is 0 Å². The van der Waals surface area contributed by atoms with E-state index in [0.29, 0.717) is 26.1 Å². The first-order chi connectivity index (χ1) is 8.67. The predicted molar refractivity (Wildman–Crippen MR) is 71.2 cm³/mol. The van der Waals surface area contributed by atoms with E-state index in [2.05, 4.69) is 11.9 Å². The average molecular weight is 245 g/mol. The minimum absolute atomic E-state index is 0.239. The highest BCUT2D eigenvalue weighted by Crippen LogP contribution is 2.37. The molecule has 0 radical (unpaired) electrons. The van der Waals surface area contributed by atoms with Gasteiger partial charge in [-0.15, -0.1) is 0 Å². The quantitative estimate of drug-likeness (QED) is 0.831. The number of rotatable bonds is 2. The number of aliphatic hydroxyl groups is 1. The monoisotopic (exact) mass is 245 g/mol. The van der Waals surface area contributed by atoms with Crippen molar-refractivity contribution in [2.24, 2.45) is 0 Å². The number of hydrogen-bond donors (Lipinski definition) is 2. The Morgan fingerprint density at radius 3 is 2.44 bits per heavy atom. The Morgan fingerprint density at radius 2 is 1.83 bits per heavy atom. The molecule has 18 heavy (non-hydrogen) atoms. The van der Waals surface area contributed by atoms with Crippen LogP contribution in [0.3, 0.4) is 0 Å². The van der Waals surface area contributed by atoms with E-state index < -0.39 is 5.60 Å². The lowest BCUT2D eigenvalue weighted by Gasteiger charge is -2.45. The molecule has 3 rings (SSSR count). The van der Waals surface area contributed by atoms with Crippen molar-refractivity contribution in [1.29, 1.82) is 0 Å². The molecule has 0 aliphatic carbocycles. The summed E-state index contributed by atoms with van der Waals surface area (Å²) in [6.45, 7) is 5.49. The molecule has 2 atom stereocenters. The van der Waals surface area contributed by atoms with Crippen LogP contribution in [0.4, 0.5) is 0 Å². The van der Waals surface area contributed by atoms with E-state index in [1.807, 2.05) is 30.3 Å². The van der Waals surface area contributed by atoms with Gasteiger partial charge < -0.3 is 15.2 Å². The number of piperidine rings is 1. The van der Waals surface area contributed by atoms with Crippen LogP contribution < -0.4 is 5.32 Å². The van der Waals surface area contributed by atoms with Crippen molar-refractivity contribution in [3.63, 3.8) is 0 Å². The third kappa shape index (κ3) is 2.09. The molecule has 3 nitrogen and oxygen atoms in total. The molecule has 2 bridgehead atoms. The molecule has 2 N–H and O–H groups in total. The molecule has 0 amide bonds. The van der Waals surface area contributed by atoms with E-state index in [1.165, 1.54) is 0 Å². The normalized spacial score (nSPS) is 35.2. The molecule has 1 aromatic carbocycles. The second-order valence-electron chi connectivity index (χ2n) is 5.38. The highest BCUT2D eigenvalue weighted by molar-refractivity contribution is 5.70. The van der Waals surface area contributed by atoms with Crippen molar-refractivity contribution in [2.75, 3.05) is 13.2 Å². The third-order valence-electron chi connectivity index (χ3n) is 3.96. The maximum atomic E-state index is 10.9. The lowest BCUT2D eigenvalue weighted by atomic mass is 9.76. The summed E-state index contributed by atoms with van der Waals surface area (Å²) in [6.07, 6.45) is 1.36. The van der Waals surface area contributed by atoms with Crippen LogP contribution in [0, 0.1) is 0 Å². The van der Waals surface area contributed by atoms with E-state index in [4.69, 9.17) is 4.74 Å². The number of nitrogens with one attached hydrogen (secondary N) is 1. The zero-order valence-corrected chi connectivity index (χ0v) is 10.4. The van der Waals surface area contributed by atoms with Crippen LogP contribution in [-0.4, -0.2) is 36.0 Å². The van der Waals surface area contributed by atoms with Crippen LogP contribution in [0.15, 0.2) is 36.9 Å². The van der Waals surface area contributed by atoms with Gasteiger partial charge in [-0.3, -0.25) is 0 Å². The van der Waals surface area contributed by atoms with Gasteiger partial charge in [0.15, 0.2) is 0 Å². The summed E-state index contributed by atoms with van der Waals surface area (Å²) in [6, 6.07) is 10.4. The number of benzene rings is 1. The van der Waals surface area contributed by atoms with Crippen LogP contribution >= 0.6 is 0 Å². The Bertz CT molecular complexity index is 431. The maximum absolute atomic E-state index is 10.9. The molecule has 2 heterocycles. The summed E-state index contributed by atoms with van der Waals surface area (Å²) < 4.78 is 5.51. The molecule has 2 fully saturated rings. The number of morpholine rings is 1. The van der Waals surface area contributed by atoms with Gasteiger partial charge in [0.2, 0.25) is 0 Å². The zero-order valence-electron chi connectivity index (χ0n) is 10.4. The topological polar surface area (TPSA) is 41.5 Å². The average Bonchev–Trinajstić information content (AvgIpc) is 2.38. The molecular formula is C15H19NO2. The van der Waals surface area contributed by atoms with Crippen LogP contribution in [-0.2, 0) is 4.74 Å². The van der Waals surface area contributed by atoms with Crippen molar-refractivity contribution in [1.82, 2.24) is 5.32 Å². The summed E-state index contributed by atoms with van der Waals surface area (Å²) >= 11 is 0. The summed E-state index contributed by atoms with van der Waals surface area (Å²) in [7, 11) is 0. The first-order valence-electron chi connectivity index (χ1n) is 6.48. The lowest BCUT2D eigenvalue weighted by Crippen LogP contribution is -2.59. The first-order valence-corrected chi connectivity index (χ1v) is 6.48. The molecule has 2 saturated heterocycles. The summed E-state index contributed by atoms with van der Waals surface area (Å²) in [4.78, 5) is 0. The third-order valence-corrected chi connectivity index (χ3v) is 3.96. The van der Waals surface area contributed by atoms with Crippen LogP contribution in [0.2, 0.25) is 0 Å². The van der Waals surface area contributed by atoms with Gasteiger partial charge in [0.1, 0.15) is 0 Å². The minimum Gasteiger partial charge on any atom is -0.385 e. The SMILES string of the molecule is C=C(c1ccccc1)C1(O)CC2COCC(C1)N2. The fraction of sp³-hybridized carbons (Fsp3) is 0.467. The van der Waals surface area contributed by atoms with Crippen LogP contribution in [0.5, 0.6) is 0 Å². The molecule has 1 aromatic rings. The van der Waals surface area contributed by atoms with Crippen LogP contribution in [0.1, 0.15) is 18.4 Å². The second kappa shape index (κ2) is 4.50. The van der Waals surface area contributed by atoms with Gasteiger partial charge in [-0.25, -0.2) is 0 Å². The number of ether oxygens (including phenoxy) is 1. The predicted octanol–water partition coefficient (Wildman–Crippen LogP) is 1.58.